The van der Waals surface area contributed by atoms with Crippen molar-refractivity contribution in [2.45, 2.75) is 32.1 Å². The number of rotatable bonds is 7. The third-order valence-corrected chi connectivity index (χ3v) is 4.71. The van der Waals surface area contributed by atoms with Crippen molar-refractivity contribution in [3.8, 4) is 5.75 Å². The Kier molecular flexibility index (Phi) is 5.86. The Hall–Kier alpha value is -1.87. The van der Waals surface area contributed by atoms with E-state index in [9.17, 15) is 4.39 Å². The van der Waals surface area contributed by atoms with Crippen LogP contribution in [-0.2, 0) is 19.3 Å². The van der Waals surface area contributed by atoms with Gasteiger partial charge in [0.15, 0.2) is 0 Å². The number of fused-ring (bicyclic) bond motifs is 1. The smallest absolute Gasteiger partial charge is 0.123 e. The maximum atomic E-state index is 13.4. The lowest BCUT2D eigenvalue weighted by Crippen LogP contribution is -2.26. The van der Waals surface area contributed by atoms with E-state index >= 15 is 0 Å². The molecule has 0 amide bonds. The van der Waals surface area contributed by atoms with E-state index in [-0.39, 0.29) is 5.82 Å². The highest BCUT2D eigenvalue weighted by Gasteiger charge is 2.13. The van der Waals surface area contributed by atoms with Gasteiger partial charge in [-0.05, 0) is 80.1 Å². The molecule has 24 heavy (non-hydrogen) atoms. The first kappa shape index (κ1) is 17.0. The van der Waals surface area contributed by atoms with E-state index in [4.69, 9.17) is 4.74 Å². The molecule has 1 unspecified atom stereocenters. The molecular weight excluding hydrogens is 301 g/mol. The molecule has 0 heterocycles. The lowest BCUT2D eigenvalue weighted by atomic mass is 9.92. The monoisotopic (exact) mass is 327 g/mol. The van der Waals surface area contributed by atoms with Crippen LogP contribution in [0, 0.1) is 11.7 Å². The summed E-state index contributed by atoms with van der Waals surface area (Å²) in [6.45, 7) is 1.48. The van der Waals surface area contributed by atoms with E-state index in [0.717, 1.165) is 30.7 Å². The third kappa shape index (κ3) is 4.57. The molecule has 1 aliphatic carbocycles. The van der Waals surface area contributed by atoms with Gasteiger partial charge in [-0.3, -0.25) is 0 Å². The van der Waals surface area contributed by atoms with Crippen LogP contribution in [0.25, 0.3) is 0 Å². The highest BCUT2D eigenvalue weighted by atomic mass is 19.1. The third-order valence-electron chi connectivity index (χ3n) is 4.71. The van der Waals surface area contributed by atoms with Crippen molar-refractivity contribution in [3.63, 3.8) is 0 Å². The van der Waals surface area contributed by atoms with Gasteiger partial charge < -0.3 is 10.1 Å². The fourth-order valence-electron chi connectivity index (χ4n) is 3.49. The van der Waals surface area contributed by atoms with Gasteiger partial charge in [-0.2, -0.15) is 0 Å². The fourth-order valence-corrected chi connectivity index (χ4v) is 3.49. The zero-order valence-corrected chi connectivity index (χ0v) is 14.4. The van der Waals surface area contributed by atoms with Crippen LogP contribution in [0.15, 0.2) is 42.5 Å². The van der Waals surface area contributed by atoms with E-state index in [1.165, 1.54) is 36.5 Å². The summed E-state index contributed by atoms with van der Waals surface area (Å²) in [5.41, 5.74) is 3.93. The standard InChI is InChI=1S/C21H26FNO/c1-23-14-17(11-16-5-4-8-20(22)12-16)15-24-21-10-9-18-6-2-3-7-19(18)13-21/h4-5,8-10,12-13,17,23H,2-3,6-7,11,14-15H2,1H3. The highest BCUT2D eigenvalue weighted by Crippen LogP contribution is 2.25. The van der Waals surface area contributed by atoms with Crippen molar-refractivity contribution in [1.29, 1.82) is 0 Å². The Morgan fingerprint density at radius 3 is 2.71 bits per heavy atom. The molecule has 1 atom stereocenters. The Balaban J connectivity index is 1.61. The van der Waals surface area contributed by atoms with Crippen LogP contribution in [0.5, 0.6) is 5.75 Å². The maximum Gasteiger partial charge on any atom is 0.123 e. The van der Waals surface area contributed by atoms with Crippen molar-refractivity contribution in [2.24, 2.45) is 5.92 Å². The Bertz CT molecular complexity index is 671. The molecule has 128 valence electrons. The van der Waals surface area contributed by atoms with Crippen molar-refractivity contribution >= 4 is 0 Å². The van der Waals surface area contributed by atoms with Crippen molar-refractivity contribution in [2.75, 3.05) is 20.2 Å². The first-order chi connectivity index (χ1) is 11.7. The quantitative estimate of drug-likeness (QED) is 0.824. The molecule has 2 aromatic rings. The molecule has 0 fully saturated rings. The van der Waals surface area contributed by atoms with Gasteiger partial charge in [0.2, 0.25) is 0 Å². The van der Waals surface area contributed by atoms with Gasteiger partial charge in [-0.15, -0.1) is 0 Å². The van der Waals surface area contributed by atoms with E-state index < -0.39 is 0 Å². The van der Waals surface area contributed by atoms with Crippen molar-refractivity contribution in [1.82, 2.24) is 5.32 Å². The molecular formula is C21H26FNO. The number of hydrogen-bond donors (Lipinski definition) is 1. The minimum absolute atomic E-state index is 0.175. The van der Waals surface area contributed by atoms with Crippen molar-refractivity contribution in [3.05, 3.63) is 65.0 Å². The zero-order valence-electron chi connectivity index (χ0n) is 14.4. The number of aryl methyl sites for hydroxylation is 2. The molecule has 0 spiro atoms. The first-order valence-corrected chi connectivity index (χ1v) is 8.88. The number of halogens is 1. The van der Waals surface area contributed by atoms with Gasteiger partial charge in [-0.1, -0.05) is 18.2 Å². The molecule has 3 rings (SSSR count). The van der Waals surface area contributed by atoms with Gasteiger partial charge >= 0.3 is 0 Å². The van der Waals surface area contributed by atoms with E-state index in [2.05, 4.69) is 23.5 Å². The highest BCUT2D eigenvalue weighted by molar-refractivity contribution is 5.37. The van der Waals surface area contributed by atoms with Gasteiger partial charge in [0.05, 0.1) is 6.61 Å². The Labute approximate surface area is 144 Å². The summed E-state index contributed by atoms with van der Waals surface area (Å²) in [4.78, 5) is 0. The summed E-state index contributed by atoms with van der Waals surface area (Å²) in [6, 6.07) is 13.3. The second-order valence-corrected chi connectivity index (χ2v) is 6.71. The first-order valence-electron chi connectivity index (χ1n) is 8.88. The molecule has 2 aromatic carbocycles. The summed E-state index contributed by atoms with van der Waals surface area (Å²) in [5, 5.41) is 3.22. The van der Waals surface area contributed by atoms with E-state index in [1.807, 2.05) is 13.1 Å². The van der Waals surface area contributed by atoms with Crippen LogP contribution in [0.3, 0.4) is 0 Å². The lowest BCUT2D eigenvalue weighted by Gasteiger charge is -2.20. The largest absolute Gasteiger partial charge is 0.493 e. The molecule has 0 aromatic heterocycles. The maximum absolute atomic E-state index is 13.4. The minimum atomic E-state index is -0.175. The normalized spacial score (nSPS) is 14.9. The predicted molar refractivity (Wildman–Crippen MR) is 96.1 cm³/mol. The zero-order chi connectivity index (χ0) is 16.8. The van der Waals surface area contributed by atoms with E-state index in [1.54, 1.807) is 12.1 Å². The summed E-state index contributed by atoms with van der Waals surface area (Å²) in [7, 11) is 1.94. The topological polar surface area (TPSA) is 21.3 Å². The second kappa shape index (κ2) is 8.29. The molecule has 0 saturated heterocycles. The molecule has 0 bridgehead atoms. The summed E-state index contributed by atoms with van der Waals surface area (Å²) >= 11 is 0. The molecule has 2 nitrogen and oxygen atoms in total. The van der Waals surface area contributed by atoms with Crippen LogP contribution >= 0.6 is 0 Å². The van der Waals surface area contributed by atoms with Crippen LogP contribution in [-0.4, -0.2) is 20.2 Å². The Morgan fingerprint density at radius 2 is 1.92 bits per heavy atom. The van der Waals surface area contributed by atoms with Crippen LogP contribution < -0.4 is 10.1 Å². The average molecular weight is 327 g/mol. The van der Waals surface area contributed by atoms with Crippen LogP contribution in [0.4, 0.5) is 4.39 Å². The molecule has 0 saturated carbocycles. The summed E-state index contributed by atoms with van der Waals surface area (Å²) in [6.07, 6.45) is 5.74. The molecule has 0 radical (unpaired) electrons. The lowest BCUT2D eigenvalue weighted by molar-refractivity contribution is 0.245. The van der Waals surface area contributed by atoms with Gasteiger partial charge in [0.25, 0.3) is 0 Å². The Morgan fingerprint density at radius 1 is 1.08 bits per heavy atom. The number of nitrogens with one attached hydrogen (secondary N) is 1. The average Bonchev–Trinajstić information content (AvgIpc) is 2.60. The fraction of sp³-hybridized carbons (Fsp3) is 0.429. The SMILES string of the molecule is CNCC(COc1ccc2c(c1)CCCC2)Cc1cccc(F)c1. The van der Waals surface area contributed by atoms with Gasteiger partial charge in [-0.25, -0.2) is 4.39 Å². The van der Waals surface area contributed by atoms with Crippen LogP contribution in [0.1, 0.15) is 29.5 Å². The number of hydrogen-bond acceptors (Lipinski definition) is 2. The van der Waals surface area contributed by atoms with Crippen molar-refractivity contribution < 1.29 is 9.13 Å². The van der Waals surface area contributed by atoms with Crippen LogP contribution in [0.2, 0.25) is 0 Å². The van der Waals surface area contributed by atoms with Gasteiger partial charge in [0.1, 0.15) is 11.6 Å². The number of ether oxygens (including phenoxy) is 1. The predicted octanol–water partition coefficient (Wildman–Crippen LogP) is 4.16. The number of benzene rings is 2. The van der Waals surface area contributed by atoms with Gasteiger partial charge in [0, 0.05) is 12.5 Å². The summed E-state index contributed by atoms with van der Waals surface area (Å²) < 4.78 is 19.4. The summed E-state index contributed by atoms with van der Waals surface area (Å²) in [5.74, 6) is 1.09. The molecule has 1 aliphatic rings. The van der Waals surface area contributed by atoms with E-state index in [0.29, 0.717) is 12.5 Å². The second-order valence-electron chi connectivity index (χ2n) is 6.71. The molecule has 3 heteroatoms. The molecule has 0 aliphatic heterocycles. The minimum Gasteiger partial charge on any atom is -0.493 e. The molecule has 1 N–H and O–H groups in total.